The molecule has 0 saturated carbocycles. The number of hydrogen-bond donors (Lipinski definition) is 2. The van der Waals surface area contributed by atoms with E-state index in [1.807, 2.05) is 31.2 Å². The van der Waals surface area contributed by atoms with Gasteiger partial charge in [0.15, 0.2) is 0 Å². The normalized spacial score (nSPS) is 10.4. The van der Waals surface area contributed by atoms with Crippen LogP contribution >= 0.6 is 23.2 Å². The van der Waals surface area contributed by atoms with E-state index in [1.165, 1.54) is 6.20 Å². The van der Waals surface area contributed by atoms with Gasteiger partial charge in [-0.2, -0.15) is 0 Å². The minimum Gasteiger partial charge on any atom is -0.323 e. The number of para-hydroxylation sites is 1. The molecule has 1 amide bonds. The van der Waals surface area contributed by atoms with Crippen molar-refractivity contribution in [2.45, 2.75) is 6.92 Å². The van der Waals surface area contributed by atoms with Crippen molar-refractivity contribution in [3.63, 3.8) is 0 Å². The molecule has 1 aromatic heterocycles. The lowest BCUT2D eigenvalue weighted by molar-refractivity contribution is 0.102. The molecule has 2 N–H and O–H groups in total. The van der Waals surface area contributed by atoms with E-state index in [9.17, 15) is 4.79 Å². The summed E-state index contributed by atoms with van der Waals surface area (Å²) in [7, 11) is 0. The van der Waals surface area contributed by atoms with Crippen molar-refractivity contribution < 1.29 is 4.79 Å². The summed E-state index contributed by atoms with van der Waals surface area (Å²) in [5.41, 5.74) is 2.55. The molecule has 7 heteroatoms. The number of amides is 1. The predicted molar refractivity (Wildman–Crippen MR) is 101 cm³/mol. The Morgan fingerprint density at radius 1 is 1.04 bits per heavy atom. The maximum atomic E-state index is 12.4. The Morgan fingerprint density at radius 2 is 1.84 bits per heavy atom. The zero-order valence-electron chi connectivity index (χ0n) is 13.3. The van der Waals surface area contributed by atoms with Crippen molar-refractivity contribution in [2.24, 2.45) is 0 Å². The molecule has 0 aliphatic carbocycles. The molecule has 0 unspecified atom stereocenters. The SMILES string of the molecule is Cc1ccccc1NC(=O)c1ccnc(Nc2ccc(Cl)cc2Cl)n1. The van der Waals surface area contributed by atoms with Crippen LogP contribution in [0.25, 0.3) is 0 Å². The Kier molecular flexibility index (Phi) is 5.16. The van der Waals surface area contributed by atoms with Crippen LogP contribution in [0.3, 0.4) is 0 Å². The van der Waals surface area contributed by atoms with Gasteiger partial charge in [-0.15, -0.1) is 0 Å². The summed E-state index contributed by atoms with van der Waals surface area (Å²) in [6.07, 6.45) is 1.51. The number of benzene rings is 2. The minimum absolute atomic E-state index is 0.242. The van der Waals surface area contributed by atoms with Crippen LogP contribution < -0.4 is 10.6 Å². The van der Waals surface area contributed by atoms with Crippen molar-refractivity contribution in [2.75, 3.05) is 10.6 Å². The van der Waals surface area contributed by atoms with E-state index in [2.05, 4.69) is 20.6 Å². The molecule has 0 radical (unpaired) electrons. The van der Waals surface area contributed by atoms with Crippen LogP contribution in [0, 0.1) is 6.92 Å². The molecule has 0 saturated heterocycles. The molecule has 0 bridgehead atoms. The van der Waals surface area contributed by atoms with E-state index >= 15 is 0 Å². The van der Waals surface area contributed by atoms with Crippen LogP contribution in [-0.2, 0) is 0 Å². The molecule has 1 heterocycles. The van der Waals surface area contributed by atoms with Gasteiger partial charge in [-0.05, 0) is 42.8 Å². The molecule has 25 heavy (non-hydrogen) atoms. The largest absolute Gasteiger partial charge is 0.323 e. The molecule has 3 rings (SSSR count). The fourth-order valence-electron chi connectivity index (χ4n) is 2.16. The number of nitrogens with zero attached hydrogens (tertiary/aromatic N) is 2. The van der Waals surface area contributed by atoms with Gasteiger partial charge < -0.3 is 10.6 Å². The lowest BCUT2D eigenvalue weighted by atomic mass is 10.2. The summed E-state index contributed by atoms with van der Waals surface area (Å²) in [6.45, 7) is 1.92. The molecular weight excluding hydrogens is 359 g/mol. The van der Waals surface area contributed by atoms with Crippen LogP contribution in [0.2, 0.25) is 10.0 Å². The number of aryl methyl sites for hydroxylation is 1. The quantitative estimate of drug-likeness (QED) is 0.669. The summed E-state index contributed by atoms with van der Waals surface area (Å²) >= 11 is 12.0. The van der Waals surface area contributed by atoms with Gasteiger partial charge in [0.2, 0.25) is 5.95 Å². The van der Waals surface area contributed by atoms with Gasteiger partial charge in [0, 0.05) is 16.9 Å². The molecule has 0 atom stereocenters. The molecule has 0 aliphatic rings. The first-order valence-electron chi connectivity index (χ1n) is 7.45. The second kappa shape index (κ2) is 7.51. The molecule has 0 fully saturated rings. The van der Waals surface area contributed by atoms with E-state index in [4.69, 9.17) is 23.2 Å². The Balaban J connectivity index is 1.79. The average molecular weight is 373 g/mol. The van der Waals surface area contributed by atoms with Gasteiger partial charge in [-0.25, -0.2) is 9.97 Å². The van der Waals surface area contributed by atoms with Crippen LogP contribution in [0.15, 0.2) is 54.7 Å². The Hall–Kier alpha value is -2.63. The molecule has 3 aromatic rings. The molecule has 5 nitrogen and oxygen atoms in total. The number of aromatic nitrogens is 2. The number of hydrogen-bond acceptors (Lipinski definition) is 4. The smallest absolute Gasteiger partial charge is 0.274 e. The van der Waals surface area contributed by atoms with E-state index in [1.54, 1.807) is 24.3 Å². The van der Waals surface area contributed by atoms with Crippen molar-refractivity contribution in [1.82, 2.24) is 9.97 Å². The lowest BCUT2D eigenvalue weighted by Gasteiger charge is -2.10. The number of nitrogens with one attached hydrogen (secondary N) is 2. The summed E-state index contributed by atoms with van der Waals surface area (Å²) in [6, 6.07) is 14.1. The van der Waals surface area contributed by atoms with Crippen LogP contribution in [0.5, 0.6) is 0 Å². The summed E-state index contributed by atoms with van der Waals surface area (Å²) in [4.78, 5) is 20.8. The number of anilines is 3. The minimum atomic E-state index is -0.318. The fraction of sp³-hybridized carbons (Fsp3) is 0.0556. The topological polar surface area (TPSA) is 66.9 Å². The molecule has 0 aliphatic heterocycles. The number of carbonyl (C=O) groups is 1. The third-order valence-corrected chi connectivity index (χ3v) is 4.01. The Morgan fingerprint density at radius 3 is 2.60 bits per heavy atom. The van der Waals surface area contributed by atoms with Crippen molar-refractivity contribution in [3.8, 4) is 0 Å². The van der Waals surface area contributed by atoms with E-state index in [-0.39, 0.29) is 17.5 Å². The van der Waals surface area contributed by atoms with Crippen LogP contribution in [-0.4, -0.2) is 15.9 Å². The van der Waals surface area contributed by atoms with E-state index in [0.29, 0.717) is 15.7 Å². The highest BCUT2D eigenvalue weighted by atomic mass is 35.5. The van der Waals surface area contributed by atoms with Crippen molar-refractivity contribution in [1.29, 1.82) is 0 Å². The fourth-order valence-corrected chi connectivity index (χ4v) is 2.61. The highest BCUT2D eigenvalue weighted by Crippen LogP contribution is 2.27. The predicted octanol–water partition coefficient (Wildman–Crippen LogP) is 5.09. The highest BCUT2D eigenvalue weighted by molar-refractivity contribution is 6.36. The monoisotopic (exact) mass is 372 g/mol. The third-order valence-electron chi connectivity index (χ3n) is 3.46. The molecular formula is C18H14Cl2N4O. The maximum Gasteiger partial charge on any atom is 0.274 e. The van der Waals surface area contributed by atoms with Gasteiger partial charge in [0.05, 0.1) is 10.7 Å². The van der Waals surface area contributed by atoms with Gasteiger partial charge >= 0.3 is 0 Å². The maximum absolute atomic E-state index is 12.4. The first-order chi connectivity index (χ1) is 12.0. The van der Waals surface area contributed by atoms with Gasteiger partial charge in [-0.3, -0.25) is 4.79 Å². The second-order valence-corrected chi connectivity index (χ2v) is 6.13. The van der Waals surface area contributed by atoms with Crippen molar-refractivity contribution >= 4 is 46.4 Å². The first kappa shape index (κ1) is 17.2. The zero-order chi connectivity index (χ0) is 17.8. The van der Waals surface area contributed by atoms with Crippen LogP contribution in [0.1, 0.15) is 16.1 Å². The molecule has 2 aromatic carbocycles. The Bertz CT molecular complexity index is 930. The summed E-state index contributed by atoms with van der Waals surface area (Å²) in [5.74, 6) is -0.0522. The molecule has 126 valence electrons. The number of carbonyl (C=O) groups excluding carboxylic acids is 1. The lowest BCUT2D eigenvalue weighted by Crippen LogP contribution is -2.15. The zero-order valence-corrected chi connectivity index (χ0v) is 14.8. The molecule has 0 spiro atoms. The first-order valence-corrected chi connectivity index (χ1v) is 8.20. The third kappa shape index (κ3) is 4.26. The van der Waals surface area contributed by atoms with Gasteiger partial charge in [-0.1, -0.05) is 41.4 Å². The average Bonchev–Trinajstić information content (AvgIpc) is 2.60. The van der Waals surface area contributed by atoms with Crippen LogP contribution in [0.4, 0.5) is 17.3 Å². The summed E-state index contributed by atoms with van der Waals surface area (Å²) < 4.78 is 0. The van der Waals surface area contributed by atoms with Crippen molar-refractivity contribution in [3.05, 3.63) is 76.0 Å². The van der Waals surface area contributed by atoms with Gasteiger partial charge in [0.25, 0.3) is 5.91 Å². The number of halogens is 2. The highest BCUT2D eigenvalue weighted by Gasteiger charge is 2.11. The van der Waals surface area contributed by atoms with E-state index < -0.39 is 0 Å². The van der Waals surface area contributed by atoms with Gasteiger partial charge in [0.1, 0.15) is 5.69 Å². The standard InChI is InChI=1S/C18H14Cl2N4O/c1-11-4-2-3-5-14(11)22-17(25)16-8-9-21-18(24-16)23-15-7-6-12(19)10-13(15)20/h2-10H,1H3,(H,22,25)(H,21,23,24). The number of rotatable bonds is 4. The van der Waals surface area contributed by atoms with E-state index in [0.717, 1.165) is 11.3 Å². The Labute approximate surface area is 155 Å². The summed E-state index contributed by atoms with van der Waals surface area (Å²) in [5, 5.41) is 6.78. The second-order valence-electron chi connectivity index (χ2n) is 5.28.